The van der Waals surface area contributed by atoms with E-state index >= 15 is 0 Å². The number of rotatable bonds is 7. The molecule has 0 aliphatic heterocycles. The maximum atomic E-state index is 11.1. The molecule has 1 aromatic rings. The van der Waals surface area contributed by atoms with Crippen molar-refractivity contribution in [2.75, 3.05) is 0 Å². The number of unbranched alkanes of at least 4 members (excludes halogenated alkanes) is 1. The van der Waals surface area contributed by atoms with Gasteiger partial charge in [-0.05, 0) is 36.6 Å². The number of nitrogens with one attached hydrogen (secondary N) is 1. The minimum Gasteiger partial charge on any atom is -0.480 e. The lowest BCUT2D eigenvalue weighted by atomic mass is 10.1. The van der Waals surface area contributed by atoms with Crippen LogP contribution in [0, 0.1) is 6.92 Å². The van der Waals surface area contributed by atoms with Crippen molar-refractivity contribution in [2.24, 2.45) is 0 Å². The summed E-state index contributed by atoms with van der Waals surface area (Å²) in [7, 11) is 0. The van der Waals surface area contributed by atoms with Gasteiger partial charge in [-0.3, -0.25) is 4.79 Å². The van der Waals surface area contributed by atoms with Crippen molar-refractivity contribution >= 4 is 37.8 Å². The van der Waals surface area contributed by atoms with Gasteiger partial charge in [-0.1, -0.05) is 51.6 Å². The first-order valence-corrected chi connectivity index (χ1v) is 7.95. The molecule has 0 saturated carbocycles. The second-order valence-corrected chi connectivity index (χ2v) is 6.31. The predicted molar refractivity (Wildman–Crippen MR) is 84.4 cm³/mol. The van der Waals surface area contributed by atoms with Gasteiger partial charge in [-0.25, -0.2) is 0 Å². The third-order valence-corrected chi connectivity index (χ3v) is 4.69. The minimum atomic E-state index is -0.779. The SMILES string of the molecule is CCCC[C@H](NCc1cc(Br)c(C)c(Br)c1)C(=O)O. The zero-order valence-electron chi connectivity index (χ0n) is 11.2. The molecule has 0 amide bonds. The minimum absolute atomic E-state index is 0.473. The Hall–Kier alpha value is -0.390. The van der Waals surface area contributed by atoms with Crippen molar-refractivity contribution in [3.05, 3.63) is 32.2 Å². The van der Waals surface area contributed by atoms with E-state index in [4.69, 9.17) is 5.11 Å². The Kier molecular flexibility index (Phi) is 7.04. The summed E-state index contributed by atoms with van der Waals surface area (Å²) in [4.78, 5) is 11.1. The molecule has 19 heavy (non-hydrogen) atoms. The van der Waals surface area contributed by atoms with Gasteiger partial charge in [0.15, 0.2) is 0 Å². The molecule has 0 spiro atoms. The number of hydrogen-bond acceptors (Lipinski definition) is 2. The van der Waals surface area contributed by atoms with E-state index in [0.717, 1.165) is 32.9 Å². The highest BCUT2D eigenvalue weighted by molar-refractivity contribution is 9.11. The van der Waals surface area contributed by atoms with E-state index in [1.807, 2.05) is 19.1 Å². The van der Waals surface area contributed by atoms with Crippen molar-refractivity contribution in [1.82, 2.24) is 5.32 Å². The fraction of sp³-hybridized carbons (Fsp3) is 0.500. The zero-order valence-corrected chi connectivity index (χ0v) is 14.3. The molecule has 0 aromatic heterocycles. The van der Waals surface area contributed by atoms with Gasteiger partial charge < -0.3 is 10.4 Å². The number of hydrogen-bond donors (Lipinski definition) is 2. The molecule has 0 aliphatic rings. The Morgan fingerprint density at radius 2 is 1.95 bits per heavy atom. The number of halogens is 2. The molecule has 0 fully saturated rings. The molecule has 0 heterocycles. The number of aliphatic carboxylic acids is 1. The normalized spacial score (nSPS) is 12.4. The van der Waals surface area contributed by atoms with Gasteiger partial charge in [0.25, 0.3) is 0 Å². The second kappa shape index (κ2) is 8.02. The molecule has 5 heteroatoms. The summed E-state index contributed by atoms with van der Waals surface area (Å²) < 4.78 is 2.05. The highest BCUT2D eigenvalue weighted by Gasteiger charge is 2.16. The summed E-state index contributed by atoms with van der Waals surface area (Å²) in [5.41, 5.74) is 2.21. The molecular weight excluding hydrogens is 374 g/mol. The van der Waals surface area contributed by atoms with E-state index in [1.165, 1.54) is 0 Å². The Morgan fingerprint density at radius 1 is 1.37 bits per heavy atom. The monoisotopic (exact) mass is 391 g/mol. The van der Waals surface area contributed by atoms with Crippen LogP contribution >= 0.6 is 31.9 Å². The molecule has 0 bridgehead atoms. The lowest BCUT2D eigenvalue weighted by Crippen LogP contribution is -2.36. The van der Waals surface area contributed by atoms with E-state index in [9.17, 15) is 4.79 Å². The van der Waals surface area contributed by atoms with Crippen LogP contribution in [0.15, 0.2) is 21.1 Å². The first kappa shape index (κ1) is 16.7. The summed E-state index contributed by atoms with van der Waals surface area (Å²) >= 11 is 7.00. The van der Waals surface area contributed by atoms with Crippen LogP contribution < -0.4 is 5.32 Å². The Balaban J connectivity index is 2.66. The maximum absolute atomic E-state index is 11.1. The van der Waals surface area contributed by atoms with Gasteiger partial charge in [-0.2, -0.15) is 0 Å². The Bertz CT molecular complexity index is 426. The number of carbonyl (C=O) groups is 1. The summed E-state index contributed by atoms with van der Waals surface area (Å²) in [5.74, 6) is -0.779. The van der Waals surface area contributed by atoms with Crippen molar-refractivity contribution in [1.29, 1.82) is 0 Å². The fourth-order valence-electron chi connectivity index (χ4n) is 1.76. The molecular formula is C14H19Br2NO2. The van der Waals surface area contributed by atoms with Crippen LogP contribution in [-0.4, -0.2) is 17.1 Å². The third kappa shape index (κ3) is 5.24. The molecule has 1 rings (SSSR count). The average Bonchev–Trinajstić information content (AvgIpc) is 2.35. The lowest BCUT2D eigenvalue weighted by molar-refractivity contribution is -0.139. The average molecular weight is 393 g/mol. The summed E-state index contributed by atoms with van der Waals surface area (Å²) in [5, 5.41) is 12.3. The highest BCUT2D eigenvalue weighted by atomic mass is 79.9. The van der Waals surface area contributed by atoms with Crippen LogP contribution in [-0.2, 0) is 11.3 Å². The van der Waals surface area contributed by atoms with Crippen LogP contribution in [0.2, 0.25) is 0 Å². The van der Waals surface area contributed by atoms with Crippen molar-refractivity contribution in [3.63, 3.8) is 0 Å². The first-order chi connectivity index (χ1) is 8.95. The van der Waals surface area contributed by atoms with Crippen molar-refractivity contribution < 1.29 is 9.90 Å². The van der Waals surface area contributed by atoms with Gasteiger partial charge in [0.05, 0.1) is 0 Å². The third-order valence-electron chi connectivity index (χ3n) is 3.04. The zero-order chi connectivity index (χ0) is 14.4. The second-order valence-electron chi connectivity index (χ2n) is 4.60. The molecule has 0 aliphatic carbocycles. The molecule has 0 unspecified atom stereocenters. The fourth-order valence-corrected chi connectivity index (χ4v) is 3.04. The van der Waals surface area contributed by atoms with Crippen LogP contribution in [0.5, 0.6) is 0 Å². The quantitative estimate of drug-likeness (QED) is 0.728. The van der Waals surface area contributed by atoms with Gasteiger partial charge >= 0.3 is 5.97 Å². The molecule has 1 aromatic carbocycles. The van der Waals surface area contributed by atoms with E-state index in [1.54, 1.807) is 0 Å². The Morgan fingerprint density at radius 3 is 2.42 bits per heavy atom. The number of carboxylic acid groups (broad SMARTS) is 1. The molecule has 0 radical (unpaired) electrons. The summed E-state index contributed by atoms with van der Waals surface area (Å²) in [6, 6.07) is 3.57. The van der Waals surface area contributed by atoms with E-state index in [-0.39, 0.29) is 0 Å². The molecule has 2 N–H and O–H groups in total. The molecule has 106 valence electrons. The highest BCUT2D eigenvalue weighted by Crippen LogP contribution is 2.26. The predicted octanol–water partition coefficient (Wildman–Crippen LogP) is 4.25. The van der Waals surface area contributed by atoms with Crippen LogP contribution in [0.4, 0.5) is 0 Å². The van der Waals surface area contributed by atoms with Crippen molar-refractivity contribution in [3.8, 4) is 0 Å². The molecule has 0 saturated heterocycles. The van der Waals surface area contributed by atoms with Gasteiger partial charge in [-0.15, -0.1) is 0 Å². The van der Waals surface area contributed by atoms with E-state index in [0.29, 0.717) is 13.0 Å². The van der Waals surface area contributed by atoms with Crippen LogP contribution in [0.3, 0.4) is 0 Å². The molecule has 3 nitrogen and oxygen atoms in total. The van der Waals surface area contributed by atoms with Gasteiger partial charge in [0, 0.05) is 15.5 Å². The number of carboxylic acids is 1. The first-order valence-electron chi connectivity index (χ1n) is 6.36. The van der Waals surface area contributed by atoms with Crippen molar-refractivity contribution in [2.45, 2.75) is 45.7 Å². The standard InChI is InChI=1S/C14H19Br2NO2/c1-3-4-5-13(14(18)19)17-8-10-6-11(15)9(2)12(16)7-10/h6-7,13,17H,3-5,8H2,1-2H3,(H,18,19)/t13-/m0/s1. The van der Waals surface area contributed by atoms with E-state index < -0.39 is 12.0 Å². The maximum Gasteiger partial charge on any atom is 0.320 e. The topological polar surface area (TPSA) is 49.3 Å². The Labute approximate surface area is 131 Å². The van der Waals surface area contributed by atoms with Crippen LogP contribution in [0.25, 0.3) is 0 Å². The molecule has 1 atom stereocenters. The van der Waals surface area contributed by atoms with E-state index in [2.05, 4.69) is 44.1 Å². The van der Waals surface area contributed by atoms with Gasteiger partial charge in [0.2, 0.25) is 0 Å². The smallest absolute Gasteiger partial charge is 0.320 e. The summed E-state index contributed by atoms with van der Waals surface area (Å²) in [6.45, 7) is 4.64. The number of benzene rings is 1. The van der Waals surface area contributed by atoms with Crippen LogP contribution in [0.1, 0.15) is 37.3 Å². The summed E-state index contributed by atoms with van der Waals surface area (Å²) in [6.07, 6.45) is 2.60. The largest absolute Gasteiger partial charge is 0.480 e. The van der Waals surface area contributed by atoms with Gasteiger partial charge in [0.1, 0.15) is 6.04 Å². The lowest BCUT2D eigenvalue weighted by Gasteiger charge is -2.15.